The van der Waals surface area contributed by atoms with E-state index >= 15 is 0 Å². The van der Waals surface area contributed by atoms with Crippen LogP contribution in [0.2, 0.25) is 0 Å². The van der Waals surface area contributed by atoms with E-state index in [0.717, 1.165) is 0 Å². The number of cyclic esters (lactones) is 2. The van der Waals surface area contributed by atoms with Crippen molar-refractivity contribution in [2.75, 3.05) is 7.11 Å². The zero-order chi connectivity index (χ0) is 11.2. The Morgan fingerprint density at radius 3 is 2.47 bits per heavy atom. The van der Waals surface area contributed by atoms with Gasteiger partial charge < -0.3 is 14.3 Å². The van der Waals surface area contributed by atoms with Crippen molar-refractivity contribution in [2.24, 2.45) is 23.7 Å². The molecule has 0 aromatic heterocycles. The molecule has 0 bridgehead atoms. The second-order valence-electron chi connectivity index (χ2n) is 3.55. The van der Waals surface area contributed by atoms with E-state index in [1.807, 2.05) is 0 Å². The number of methoxy groups -OCH3 is 1. The first-order valence-corrected chi connectivity index (χ1v) is 4.40. The standard InChI is InChI=1S/C9H8O6/c1-14-7(11)4-3(2-10)5-6(4)9(13)15-8(5)12/h2-6H,1H3. The molecular formula is C9H8O6. The summed E-state index contributed by atoms with van der Waals surface area (Å²) in [6.45, 7) is 0. The van der Waals surface area contributed by atoms with Gasteiger partial charge in [-0.3, -0.25) is 14.4 Å². The zero-order valence-electron chi connectivity index (χ0n) is 7.84. The fourth-order valence-electron chi connectivity index (χ4n) is 2.22. The van der Waals surface area contributed by atoms with E-state index in [-0.39, 0.29) is 0 Å². The molecule has 6 nitrogen and oxygen atoms in total. The van der Waals surface area contributed by atoms with E-state index in [1.54, 1.807) is 0 Å². The summed E-state index contributed by atoms with van der Waals surface area (Å²) >= 11 is 0. The van der Waals surface area contributed by atoms with Crippen molar-refractivity contribution >= 4 is 24.2 Å². The highest BCUT2D eigenvalue weighted by Crippen LogP contribution is 2.50. The molecule has 0 radical (unpaired) electrons. The Morgan fingerprint density at radius 1 is 1.33 bits per heavy atom. The summed E-state index contributed by atoms with van der Waals surface area (Å²) in [5.74, 6) is -5.39. The number of rotatable bonds is 2. The molecule has 0 aromatic rings. The normalized spacial score (nSPS) is 37.7. The highest BCUT2D eigenvalue weighted by atomic mass is 16.6. The van der Waals surface area contributed by atoms with Crippen LogP contribution in [0.3, 0.4) is 0 Å². The molecule has 0 aromatic carbocycles. The fraction of sp³-hybridized carbons (Fsp3) is 0.556. The van der Waals surface area contributed by atoms with Crippen LogP contribution in [0.25, 0.3) is 0 Å². The van der Waals surface area contributed by atoms with Crippen molar-refractivity contribution in [3.63, 3.8) is 0 Å². The Labute approximate surface area is 84.5 Å². The molecule has 4 atom stereocenters. The van der Waals surface area contributed by atoms with Crippen LogP contribution in [-0.2, 0) is 28.7 Å². The Kier molecular flexibility index (Phi) is 2.06. The topological polar surface area (TPSA) is 86.7 Å². The van der Waals surface area contributed by atoms with Crippen LogP contribution < -0.4 is 0 Å². The van der Waals surface area contributed by atoms with Gasteiger partial charge in [-0.15, -0.1) is 0 Å². The van der Waals surface area contributed by atoms with Crippen LogP contribution in [-0.4, -0.2) is 31.3 Å². The molecule has 0 N–H and O–H groups in total. The molecule has 0 amide bonds. The third-order valence-electron chi connectivity index (χ3n) is 2.98. The predicted molar refractivity (Wildman–Crippen MR) is 43.1 cm³/mol. The Balaban J connectivity index is 2.27. The highest BCUT2D eigenvalue weighted by Gasteiger charge is 2.66. The molecule has 1 heterocycles. The molecule has 1 aliphatic carbocycles. The van der Waals surface area contributed by atoms with E-state index < -0.39 is 41.6 Å². The lowest BCUT2D eigenvalue weighted by Crippen LogP contribution is -2.53. The molecule has 1 saturated heterocycles. The first kappa shape index (κ1) is 9.82. The maximum absolute atomic E-state index is 11.3. The number of carbonyl (C=O) groups is 4. The van der Waals surface area contributed by atoms with Crippen molar-refractivity contribution in [1.82, 2.24) is 0 Å². The predicted octanol–water partition coefficient (Wildman–Crippen LogP) is -1.08. The first-order valence-electron chi connectivity index (χ1n) is 4.40. The number of carbonyl (C=O) groups excluding carboxylic acids is 4. The second-order valence-corrected chi connectivity index (χ2v) is 3.55. The number of hydrogen-bond donors (Lipinski definition) is 0. The van der Waals surface area contributed by atoms with E-state index in [9.17, 15) is 19.2 Å². The average molecular weight is 212 g/mol. The Hall–Kier alpha value is -1.72. The summed E-state index contributed by atoms with van der Waals surface area (Å²) in [5.41, 5.74) is 0. The summed E-state index contributed by atoms with van der Waals surface area (Å²) in [6.07, 6.45) is 0.503. The maximum atomic E-state index is 11.3. The van der Waals surface area contributed by atoms with Crippen LogP contribution in [0.5, 0.6) is 0 Å². The van der Waals surface area contributed by atoms with Crippen molar-refractivity contribution in [3.8, 4) is 0 Å². The molecule has 80 valence electrons. The molecule has 2 rings (SSSR count). The second kappa shape index (κ2) is 3.15. The molecule has 2 aliphatic rings. The summed E-state index contributed by atoms with van der Waals surface area (Å²) < 4.78 is 8.82. The van der Waals surface area contributed by atoms with E-state index in [1.165, 1.54) is 7.11 Å². The number of ether oxygens (including phenoxy) is 2. The van der Waals surface area contributed by atoms with Crippen molar-refractivity contribution < 1.29 is 28.7 Å². The minimum atomic E-state index is -0.864. The largest absolute Gasteiger partial charge is 0.469 e. The minimum Gasteiger partial charge on any atom is -0.469 e. The smallest absolute Gasteiger partial charge is 0.318 e. The molecular weight excluding hydrogens is 204 g/mol. The molecule has 1 saturated carbocycles. The lowest BCUT2D eigenvalue weighted by Gasteiger charge is -2.38. The first-order chi connectivity index (χ1) is 7.11. The number of fused-ring (bicyclic) bond motifs is 1. The van der Waals surface area contributed by atoms with Gasteiger partial charge >= 0.3 is 17.9 Å². The van der Waals surface area contributed by atoms with Gasteiger partial charge in [-0.2, -0.15) is 0 Å². The molecule has 2 fully saturated rings. The lowest BCUT2D eigenvalue weighted by molar-refractivity contribution is -0.167. The van der Waals surface area contributed by atoms with Gasteiger partial charge in [-0.25, -0.2) is 0 Å². The van der Waals surface area contributed by atoms with E-state index in [0.29, 0.717) is 6.29 Å². The van der Waals surface area contributed by atoms with Gasteiger partial charge in [0.2, 0.25) is 0 Å². The third kappa shape index (κ3) is 1.10. The fourth-order valence-corrected chi connectivity index (χ4v) is 2.22. The average Bonchev–Trinajstić information content (AvgIpc) is 2.38. The maximum Gasteiger partial charge on any atom is 0.318 e. The molecule has 1 aliphatic heterocycles. The molecule has 6 heteroatoms. The number of hydrogen-bond acceptors (Lipinski definition) is 6. The lowest BCUT2D eigenvalue weighted by atomic mass is 9.58. The molecule has 4 unspecified atom stereocenters. The van der Waals surface area contributed by atoms with Crippen LogP contribution >= 0.6 is 0 Å². The van der Waals surface area contributed by atoms with Crippen LogP contribution in [0.1, 0.15) is 0 Å². The number of aldehydes is 1. The summed E-state index contributed by atoms with van der Waals surface area (Å²) in [6, 6.07) is 0. The van der Waals surface area contributed by atoms with Gasteiger partial charge in [0.25, 0.3) is 0 Å². The van der Waals surface area contributed by atoms with Crippen molar-refractivity contribution in [3.05, 3.63) is 0 Å². The Morgan fingerprint density at radius 2 is 1.93 bits per heavy atom. The molecule has 15 heavy (non-hydrogen) atoms. The van der Waals surface area contributed by atoms with Gasteiger partial charge in [-0.05, 0) is 0 Å². The highest BCUT2D eigenvalue weighted by molar-refractivity contribution is 6.04. The summed E-state index contributed by atoms with van der Waals surface area (Å²) in [5, 5.41) is 0. The van der Waals surface area contributed by atoms with Gasteiger partial charge in [-0.1, -0.05) is 0 Å². The van der Waals surface area contributed by atoms with Gasteiger partial charge in [0.1, 0.15) is 6.29 Å². The molecule has 0 spiro atoms. The van der Waals surface area contributed by atoms with Gasteiger partial charge in [0.05, 0.1) is 24.9 Å². The third-order valence-corrected chi connectivity index (χ3v) is 2.98. The summed E-state index contributed by atoms with van der Waals surface area (Å²) in [4.78, 5) is 44.2. The van der Waals surface area contributed by atoms with Crippen molar-refractivity contribution in [2.45, 2.75) is 0 Å². The van der Waals surface area contributed by atoms with Crippen LogP contribution in [0.4, 0.5) is 0 Å². The van der Waals surface area contributed by atoms with E-state index in [2.05, 4.69) is 9.47 Å². The Bertz CT molecular complexity index is 360. The van der Waals surface area contributed by atoms with Crippen LogP contribution in [0, 0.1) is 23.7 Å². The van der Waals surface area contributed by atoms with E-state index in [4.69, 9.17) is 0 Å². The minimum absolute atomic E-state index is 0.503. The zero-order valence-corrected chi connectivity index (χ0v) is 7.84. The van der Waals surface area contributed by atoms with Gasteiger partial charge in [0, 0.05) is 5.92 Å². The van der Waals surface area contributed by atoms with Gasteiger partial charge in [0.15, 0.2) is 0 Å². The SMILES string of the molecule is COC(=O)C1C(C=O)C2C(=O)OC(=O)C12. The monoisotopic (exact) mass is 212 g/mol. The van der Waals surface area contributed by atoms with Crippen molar-refractivity contribution in [1.29, 1.82) is 0 Å². The number of esters is 3. The quantitative estimate of drug-likeness (QED) is 0.328. The summed E-state index contributed by atoms with van der Waals surface area (Å²) in [7, 11) is 1.17. The van der Waals surface area contributed by atoms with Crippen LogP contribution in [0.15, 0.2) is 0 Å².